The minimum atomic E-state index is -4.81. The molecule has 0 spiro atoms. The van der Waals surface area contributed by atoms with Gasteiger partial charge >= 0.3 is 6.18 Å². The fourth-order valence-electron chi connectivity index (χ4n) is 4.31. The molecule has 5 nitrogen and oxygen atoms in total. The molecule has 1 N–H and O–H groups in total. The smallest absolute Gasteiger partial charge is 0.348 e. The second-order valence-corrected chi connectivity index (χ2v) is 11.0. The Balaban J connectivity index is 1.70. The Morgan fingerprint density at radius 1 is 1.08 bits per heavy atom. The zero-order chi connectivity index (χ0) is 26.1. The normalized spacial score (nSPS) is 15.8. The highest BCUT2D eigenvalue weighted by molar-refractivity contribution is 7.92. The van der Waals surface area contributed by atoms with Gasteiger partial charge in [-0.3, -0.25) is 9.10 Å². The molecule has 0 bridgehead atoms. The SMILES string of the molecule is Cc1ccc(S(=O)(=O)N(CC(=O)N[C@H]2CCCc3ccccc32)c2ccc(Cl)c(C(F)(F)F)c2)cc1. The van der Waals surface area contributed by atoms with Crippen LogP contribution in [0.5, 0.6) is 0 Å². The van der Waals surface area contributed by atoms with Gasteiger partial charge in [0.2, 0.25) is 5.91 Å². The molecule has 1 atom stereocenters. The van der Waals surface area contributed by atoms with Gasteiger partial charge in [0.1, 0.15) is 6.54 Å². The maximum absolute atomic E-state index is 13.5. The summed E-state index contributed by atoms with van der Waals surface area (Å²) in [5.74, 6) is -0.629. The van der Waals surface area contributed by atoms with Crippen LogP contribution in [0.25, 0.3) is 0 Å². The number of hydrogen-bond donors (Lipinski definition) is 1. The summed E-state index contributed by atoms with van der Waals surface area (Å²) in [5.41, 5.74) is 1.36. The van der Waals surface area contributed by atoms with E-state index >= 15 is 0 Å². The first-order valence-corrected chi connectivity index (χ1v) is 13.1. The highest BCUT2D eigenvalue weighted by atomic mass is 35.5. The summed E-state index contributed by atoms with van der Waals surface area (Å²) in [4.78, 5) is 13.0. The zero-order valence-corrected chi connectivity index (χ0v) is 20.9. The van der Waals surface area contributed by atoms with Gasteiger partial charge in [0, 0.05) is 0 Å². The van der Waals surface area contributed by atoms with E-state index in [1.807, 2.05) is 24.3 Å². The van der Waals surface area contributed by atoms with Crippen LogP contribution in [0.4, 0.5) is 18.9 Å². The zero-order valence-electron chi connectivity index (χ0n) is 19.3. The maximum atomic E-state index is 13.5. The number of anilines is 1. The summed E-state index contributed by atoms with van der Waals surface area (Å²) in [6.45, 7) is 1.08. The summed E-state index contributed by atoms with van der Waals surface area (Å²) in [7, 11) is -4.38. The minimum Gasteiger partial charge on any atom is -0.348 e. The van der Waals surface area contributed by atoms with Gasteiger partial charge in [0.25, 0.3) is 10.0 Å². The number of carbonyl (C=O) groups is 1. The molecule has 10 heteroatoms. The van der Waals surface area contributed by atoms with Gasteiger partial charge in [0.15, 0.2) is 0 Å². The lowest BCUT2D eigenvalue weighted by atomic mass is 9.88. The van der Waals surface area contributed by atoms with Crippen molar-refractivity contribution in [1.29, 1.82) is 0 Å². The predicted octanol–water partition coefficient (Wildman–Crippen LogP) is 6.06. The van der Waals surface area contributed by atoms with Crippen LogP contribution in [0, 0.1) is 6.92 Å². The minimum absolute atomic E-state index is 0.146. The van der Waals surface area contributed by atoms with Crippen molar-refractivity contribution >= 4 is 33.2 Å². The van der Waals surface area contributed by atoms with Crippen molar-refractivity contribution in [2.24, 2.45) is 0 Å². The van der Waals surface area contributed by atoms with E-state index in [9.17, 15) is 26.4 Å². The highest BCUT2D eigenvalue weighted by Crippen LogP contribution is 2.38. The molecule has 36 heavy (non-hydrogen) atoms. The van der Waals surface area contributed by atoms with E-state index in [1.165, 1.54) is 12.1 Å². The fourth-order valence-corrected chi connectivity index (χ4v) is 5.95. The molecule has 0 unspecified atom stereocenters. The number of amides is 1. The van der Waals surface area contributed by atoms with Crippen LogP contribution in [0.15, 0.2) is 71.6 Å². The Kier molecular flexibility index (Phi) is 7.33. The quantitative estimate of drug-likeness (QED) is 0.416. The molecule has 1 aliphatic rings. The lowest BCUT2D eigenvalue weighted by molar-refractivity contribution is -0.137. The number of carbonyl (C=O) groups excluding carboxylic acids is 1. The van der Waals surface area contributed by atoms with Crippen molar-refractivity contribution in [3.05, 3.63) is 94.0 Å². The first kappa shape index (κ1) is 26.0. The van der Waals surface area contributed by atoms with Crippen LogP contribution in [0.1, 0.15) is 41.1 Å². The van der Waals surface area contributed by atoms with Crippen LogP contribution < -0.4 is 9.62 Å². The molecule has 0 fully saturated rings. The lowest BCUT2D eigenvalue weighted by Gasteiger charge is -2.29. The van der Waals surface area contributed by atoms with Crippen molar-refractivity contribution in [2.75, 3.05) is 10.8 Å². The van der Waals surface area contributed by atoms with Crippen LogP contribution in [0.2, 0.25) is 5.02 Å². The molecule has 3 aromatic rings. The van der Waals surface area contributed by atoms with Crippen molar-refractivity contribution in [1.82, 2.24) is 5.32 Å². The first-order valence-electron chi connectivity index (χ1n) is 11.3. The number of nitrogens with one attached hydrogen (secondary N) is 1. The third kappa shape index (κ3) is 5.52. The summed E-state index contributed by atoms with van der Waals surface area (Å²) in [6.07, 6.45) is -2.41. The number of nitrogens with zero attached hydrogens (tertiary/aromatic N) is 1. The molecule has 0 saturated carbocycles. The predicted molar refractivity (Wildman–Crippen MR) is 132 cm³/mol. The summed E-state index contributed by atoms with van der Waals surface area (Å²) < 4.78 is 68.4. The number of benzene rings is 3. The fraction of sp³-hybridized carbons (Fsp3) is 0.269. The number of hydrogen-bond acceptors (Lipinski definition) is 3. The van der Waals surface area contributed by atoms with Gasteiger partial charge in [-0.1, -0.05) is 53.6 Å². The number of sulfonamides is 1. The van der Waals surface area contributed by atoms with Crippen molar-refractivity contribution in [2.45, 2.75) is 43.3 Å². The van der Waals surface area contributed by atoms with E-state index in [2.05, 4.69) is 5.32 Å². The highest BCUT2D eigenvalue weighted by Gasteiger charge is 2.36. The van der Waals surface area contributed by atoms with Gasteiger partial charge in [-0.25, -0.2) is 8.42 Å². The molecular formula is C26H24ClF3N2O3S. The van der Waals surface area contributed by atoms with Crippen LogP contribution in [-0.2, 0) is 27.4 Å². The third-order valence-electron chi connectivity index (χ3n) is 6.14. The van der Waals surface area contributed by atoms with Gasteiger partial charge in [-0.2, -0.15) is 13.2 Å². The molecule has 0 aromatic heterocycles. The van der Waals surface area contributed by atoms with E-state index < -0.39 is 39.2 Å². The Morgan fingerprint density at radius 2 is 1.78 bits per heavy atom. The van der Waals surface area contributed by atoms with Gasteiger partial charge in [-0.05, 0) is 67.6 Å². The first-order chi connectivity index (χ1) is 17.0. The van der Waals surface area contributed by atoms with Crippen LogP contribution >= 0.6 is 11.6 Å². The second kappa shape index (κ2) is 10.1. The third-order valence-corrected chi connectivity index (χ3v) is 8.26. The molecule has 0 saturated heterocycles. The molecule has 1 aliphatic carbocycles. The Hall–Kier alpha value is -3.04. The van der Waals surface area contributed by atoms with Crippen LogP contribution in [0.3, 0.4) is 0 Å². The van der Waals surface area contributed by atoms with Crippen LogP contribution in [-0.4, -0.2) is 20.9 Å². The van der Waals surface area contributed by atoms with E-state index in [0.717, 1.165) is 41.7 Å². The molecule has 4 rings (SSSR count). The van der Waals surface area contributed by atoms with Crippen molar-refractivity contribution < 1.29 is 26.4 Å². The number of alkyl halides is 3. The average Bonchev–Trinajstić information content (AvgIpc) is 2.83. The van der Waals surface area contributed by atoms with Crippen molar-refractivity contribution in [3.63, 3.8) is 0 Å². The largest absolute Gasteiger partial charge is 0.417 e. The molecule has 3 aromatic carbocycles. The molecule has 1 amide bonds. The molecule has 0 radical (unpaired) electrons. The van der Waals surface area contributed by atoms with E-state index in [-0.39, 0.29) is 16.6 Å². The van der Waals surface area contributed by atoms with E-state index in [4.69, 9.17) is 11.6 Å². The topological polar surface area (TPSA) is 66.5 Å². The molecule has 190 valence electrons. The Bertz CT molecular complexity index is 1380. The Labute approximate surface area is 212 Å². The second-order valence-electron chi connectivity index (χ2n) is 8.70. The van der Waals surface area contributed by atoms with Gasteiger partial charge < -0.3 is 5.32 Å². The van der Waals surface area contributed by atoms with Crippen molar-refractivity contribution in [3.8, 4) is 0 Å². The number of aryl methyl sites for hydroxylation is 2. The number of fused-ring (bicyclic) bond motifs is 1. The van der Waals surface area contributed by atoms with E-state index in [0.29, 0.717) is 16.8 Å². The summed E-state index contributed by atoms with van der Waals surface area (Å²) in [5, 5.41) is 2.30. The summed E-state index contributed by atoms with van der Waals surface area (Å²) in [6, 6.07) is 16.0. The standard InChI is InChI=1S/C26H24ClF3N2O3S/c1-17-9-12-20(13-10-17)36(34,35)32(19-11-14-23(27)22(15-19)26(28,29)30)16-25(33)31-24-8-4-6-18-5-2-3-7-21(18)24/h2-3,5,7,9-15,24H,4,6,8,16H2,1H3,(H,31,33)/t24-/m0/s1. The maximum Gasteiger partial charge on any atom is 0.417 e. The monoisotopic (exact) mass is 536 g/mol. The average molecular weight is 537 g/mol. The van der Waals surface area contributed by atoms with Gasteiger partial charge in [-0.15, -0.1) is 0 Å². The Morgan fingerprint density at radius 3 is 2.47 bits per heavy atom. The summed E-state index contributed by atoms with van der Waals surface area (Å²) >= 11 is 5.75. The van der Waals surface area contributed by atoms with Gasteiger partial charge in [0.05, 0.1) is 27.2 Å². The molecular weight excluding hydrogens is 513 g/mol. The molecule has 0 heterocycles. The lowest BCUT2D eigenvalue weighted by Crippen LogP contribution is -2.42. The molecule has 0 aliphatic heterocycles. The van der Waals surface area contributed by atoms with E-state index in [1.54, 1.807) is 19.1 Å². The number of rotatable bonds is 6. The number of halogens is 4.